The molecule has 2 aromatic carbocycles. The number of nitrogens with one attached hydrogen (secondary N) is 2. The molecule has 1 fully saturated rings. The number of rotatable bonds is 7. The van der Waals surface area contributed by atoms with Crippen LogP contribution in [-0.4, -0.2) is 33.6 Å². The molecule has 1 atom stereocenters. The summed E-state index contributed by atoms with van der Waals surface area (Å²) >= 11 is 6.01. The first-order valence-corrected chi connectivity index (χ1v) is 9.87. The highest BCUT2D eigenvalue weighted by Crippen LogP contribution is 2.24. The topological polar surface area (TPSA) is 87.1 Å². The molecule has 0 unspecified atom stereocenters. The number of anilines is 1. The molecule has 1 saturated carbocycles. The smallest absolute Gasteiger partial charge is 0.251 e. The van der Waals surface area contributed by atoms with Crippen molar-refractivity contribution in [2.45, 2.75) is 24.9 Å². The van der Waals surface area contributed by atoms with Crippen LogP contribution in [0.2, 0.25) is 5.02 Å². The van der Waals surface area contributed by atoms with Crippen LogP contribution in [0.15, 0.2) is 60.8 Å². The first-order valence-electron chi connectivity index (χ1n) is 9.49. The lowest BCUT2D eigenvalue weighted by Gasteiger charge is -2.17. The van der Waals surface area contributed by atoms with Gasteiger partial charge in [-0.25, -0.2) is 9.97 Å². The predicted octanol–water partition coefficient (Wildman–Crippen LogP) is 3.83. The van der Waals surface area contributed by atoms with Gasteiger partial charge < -0.3 is 15.7 Å². The molecule has 1 amide bonds. The summed E-state index contributed by atoms with van der Waals surface area (Å²) in [6.07, 6.45) is 4.04. The van der Waals surface area contributed by atoms with Gasteiger partial charge in [0.25, 0.3) is 5.91 Å². The summed E-state index contributed by atoms with van der Waals surface area (Å²) in [6.45, 7) is -0.220. The summed E-state index contributed by atoms with van der Waals surface area (Å²) in [7, 11) is 0. The van der Waals surface area contributed by atoms with Crippen LogP contribution in [0.25, 0.3) is 11.3 Å². The van der Waals surface area contributed by atoms with Crippen molar-refractivity contribution in [1.82, 2.24) is 15.3 Å². The molecule has 1 aliphatic rings. The van der Waals surface area contributed by atoms with Gasteiger partial charge in [-0.05, 0) is 48.7 Å². The fourth-order valence-corrected chi connectivity index (χ4v) is 3.19. The lowest BCUT2D eigenvalue weighted by molar-refractivity contribution is 0.0916. The summed E-state index contributed by atoms with van der Waals surface area (Å²) < 4.78 is 0. The molecule has 1 aliphatic carbocycles. The SMILES string of the molecule is O=C(N[C@H](CO)c1cccc(Cl)c1)c1ccc(-c2ccnc(NC3CC3)n2)cc1. The molecule has 1 aromatic heterocycles. The number of amides is 1. The number of aliphatic hydroxyl groups excluding tert-OH is 1. The zero-order chi connectivity index (χ0) is 20.2. The van der Waals surface area contributed by atoms with E-state index in [9.17, 15) is 9.90 Å². The van der Waals surface area contributed by atoms with E-state index in [2.05, 4.69) is 20.6 Å². The van der Waals surface area contributed by atoms with Gasteiger partial charge in [-0.3, -0.25) is 4.79 Å². The molecule has 1 heterocycles. The Morgan fingerprint density at radius 2 is 1.97 bits per heavy atom. The molecule has 0 radical (unpaired) electrons. The van der Waals surface area contributed by atoms with E-state index < -0.39 is 6.04 Å². The molecular weight excluding hydrogens is 388 g/mol. The average molecular weight is 409 g/mol. The highest BCUT2D eigenvalue weighted by molar-refractivity contribution is 6.30. The minimum absolute atomic E-state index is 0.220. The predicted molar refractivity (Wildman–Crippen MR) is 113 cm³/mol. The molecule has 0 bridgehead atoms. The van der Waals surface area contributed by atoms with Crippen molar-refractivity contribution in [3.05, 3.63) is 76.9 Å². The van der Waals surface area contributed by atoms with Gasteiger partial charge in [0.2, 0.25) is 5.95 Å². The first kappa shape index (κ1) is 19.4. The largest absolute Gasteiger partial charge is 0.394 e. The first-order chi connectivity index (χ1) is 14.1. The van der Waals surface area contributed by atoms with E-state index >= 15 is 0 Å². The number of carbonyl (C=O) groups is 1. The molecule has 0 aliphatic heterocycles. The van der Waals surface area contributed by atoms with E-state index in [4.69, 9.17) is 11.6 Å². The van der Waals surface area contributed by atoms with Gasteiger partial charge in [-0.15, -0.1) is 0 Å². The Balaban J connectivity index is 1.46. The molecule has 0 saturated heterocycles. The van der Waals surface area contributed by atoms with E-state index in [0.717, 1.165) is 29.7 Å². The summed E-state index contributed by atoms with van der Waals surface area (Å²) in [6, 6.07) is 16.1. The third-order valence-corrected chi connectivity index (χ3v) is 4.98. The van der Waals surface area contributed by atoms with Gasteiger partial charge in [-0.1, -0.05) is 35.9 Å². The molecule has 7 heteroatoms. The maximum Gasteiger partial charge on any atom is 0.251 e. The van der Waals surface area contributed by atoms with Crippen LogP contribution in [0.3, 0.4) is 0 Å². The molecule has 29 heavy (non-hydrogen) atoms. The lowest BCUT2D eigenvalue weighted by atomic mass is 10.1. The summed E-state index contributed by atoms with van der Waals surface area (Å²) in [5, 5.41) is 16.4. The Hall–Kier alpha value is -2.96. The second-order valence-corrected chi connectivity index (χ2v) is 7.46. The van der Waals surface area contributed by atoms with Crippen molar-refractivity contribution in [1.29, 1.82) is 0 Å². The van der Waals surface area contributed by atoms with Crippen molar-refractivity contribution in [3.63, 3.8) is 0 Å². The summed E-state index contributed by atoms with van der Waals surface area (Å²) in [5.74, 6) is 0.355. The van der Waals surface area contributed by atoms with Gasteiger partial charge in [0.15, 0.2) is 0 Å². The van der Waals surface area contributed by atoms with E-state index in [-0.39, 0.29) is 12.5 Å². The van der Waals surface area contributed by atoms with Crippen molar-refractivity contribution in [3.8, 4) is 11.3 Å². The number of aliphatic hydroxyl groups is 1. The monoisotopic (exact) mass is 408 g/mol. The van der Waals surface area contributed by atoms with Crippen molar-refractivity contribution < 1.29 is 9.90 Å². The number of carbonyl (C=O) groups excluding carboxylic acids is 1. The van der Waals surface area contributed by atoms with Crippen LogP contribution in [0.1, 0.15) is 34.8 Å². The number of halogens is 1. The Bertz CT molecular complexity index is 1010. The normalized spacial score (nSPS) is 14.3. The van der Waals surface area contributed by atoms with Crippen LogP contribution in [0.4, 0.5) is 5.95 Å². The summed E-state index contributed by atoms with van der Waals surface area (Å²) in [4.78, 5) is 21.4. The minimum atomic E-state index is -0.529. The third-order valence-electron chi connectivity index (χ3n) is 4.75. The number of aromatic nitrogens is 2. The van der Waals surface area contributed by atoms with Crippen LogP contribution >= 0.6 is 11.6 Å². The molecule has 4 rings (SSSR count). The minimum Gasteiger partial charge on any atom is -0.394 e. The maximum atomic E-state index is 12.6. The van der Waals surface area contributed by atoms with E-state index in [1.807, 2.05) is 24.3 Å². The quantitative estimate of drug-likeness (QED) is 0.553. The highest BCUT2D eigenvalue weighted by Gasteiger charge is 2.22. The Morgan fingerprint density at radius 1 is 1.17 bits per heavy atom. The van der Waals surface area contributed by atoms with Gasteiger partial charge in [-0.2, -0.15) is 0 Å². The van der Waals surface area contributed by atoms with E-state index in [1.54, 1.807) is 36.5 Å². The van der Waals surface area contributed by atoms with Crippen LogP contribution < -0.4 is 10.6 Å². The van der Waals surface area contributed by atoms with Gasteiger partial charge in [0.05, 0.1) is 18.3 Å². The van der Waals surface area contributed by atoms with Gasteiger partial charge in [0.1, 0.15) is 0 Å². The standard InChI is InChI=1S/C22H21ClN4O2/c23-17-3-1-2-16(12-17)20(13-28)26-21(29)15-6-4-14(5-7-15)19-10-11-24-22(27-19)25-18-8-9-18/h1-7,10-12,18,20,28H,8-9,13H2,(H,26,29)(H,24,25,27)/t20-/m1/s1. The zero-order valence-electron chi connectivity index (χ0n) is 15.7. The van der Waals surface area contributed by atoms with Crippen LogP contribution in [0.5, 0.6) is 0 Å². The van der Waals surface area contributed by atoms with Crippen LogP contribution in [-0.2, 0) is 0 Å². The number of nitrogens with zero attached hydrogens (tertiary/aromatic N) is 2. The molecule has 6 nitrogen and oxygen atoms in total. The number of benzene rings is 2. The fourth-order valence-electron chi connectivity index (χ4n) is 2.99. The van der Waals surface area contributed by atoms with Gasteiger partial charge >= 0.3 is 0 Å². The molecular formula is C22H21ClN4O2. The lowest BCUT2D eigenvalue weighted by Crippen LogP contribution is -2.30. The molecule has 3 N–H and O–H groups in total. The fraction of sp³-hybridized carbons (Fsp3) is 0.227. The maximum absolute atomic E-state index is 12.6. The average Bonchev–Trinajstić information content (AvgIpc) is 3.56. The zero-order valence-corrected chi connectivity index (χ0v) is 16.4. The number of hydrogen-bond acceptors (Lipinski definition) is 5. The second-order valence-electron chi connectivity index (χ2n) is 7.03. The number of hydrogen-bond donors (Lipinski definition) is 3. The molecule has 148 valence electrons. The van der Waals surface area contributed by atoms with Crippen LogP contribution in [0, 0.1) is 0 Å². The van der Waals surface area contributed by atoms with E-state index in [1.165, 1.54) is 0 Å². The Labute approximate surface area is 174 Å². The van der Waals surface area contributed by atoms with Crippen molar-refractivity contribution >= 4 is 23.5 Å². The Morgan fingerprint density at radius 3 is 2.66 bits per heavy atom. The van der Waals surface area contributed by atoms with Crippen molar-refractivity contribution in [2.75, 3.05) is 11.9 Å². The van der Waals surface area contributed by atoms with E-state index in [0.29, 0.717) is 22.6 Å². The summed E-state index contributed by atoms with van der Waals surface area (Å²) in [5.41, 5.74) is 2.94. The molecule has 0 spiro atoms. The highest BCUT2D eigenvalue weighted by atomic mass is 35.5. The van der Waals surface area contributed by atoms with Crippen molar-refractivity contribution in [2.24, 2.45) is 0 Å². The van der Waals surface area contributed by atoms with Gasteiger partial charge in [0, 0.05) is 28.4 Å². The second kappa shape index (κ2) is 8.59. The third kappa shape index (κ3) is 4.91. The molecule has 3 aromatic rings. The Kier molecular flexibility index (Phi) is 5.74.